The monoisotopic (exact) mass is 536 g/mol. The lowest BCUT2D eigenvalue weighted by atomic mass is 9.94. The van der Waals surface area contributed by atoms with Crippen LogP contribution < -0.4 is 10.6 Å². The summed E-state index contributed by atoms with van der Waals surface area (Å²) in [5, 5.41) is 17.7. The van der Waals surface area contributed by atoms with E-state index in [1.54, 1.807) is 0 Å². The van der Waals surface area contributed by atoms with Crippen LogP contribution >= 0.6 is 0 Å². The Morgan fingerprint density at radius 2 is 1.32 bits per heavy atom. The molecule has 4 aromatic rings. The average Bonchev–Trinajstić information content (AvgIpc) is 2.97. The third-order valence-corrected chi connectivity index (χ3v) is 7.10. The van der Waals surface area contributed by atoms with Crippen LogP contribution in [-0.4, -0.2) is 35.5 Å². The lowest BCUT2D eigenvalue weighted by Gasteiger charge is -2.22. The van der Waals surface area contributed by atoms with Crippen LogP contribution in [0.5, 0.6) is 0 Å². The van der Waals surface area contributed by atoms with Crippen molar-refractivity contribution in [3.05, 3.63) is 120 Å². The van der Waals surface area contributed by atoms with E-state index in [0.29, 0.717) is 32.2 Å². The molecule has 0 spiro atoms. The number of carboxylic acids is 1. The maximum atomic E-state index is 13.3. The van der Waals surface area contributed by atoms with E-state index in [0.717, 1.165) is 28.5 Å². The maximum absolute atomic E-state index is 13.3. The maximum Gasteiger partial charge on any atom is 0.304 e. The molecule has 0 bridgehead atoms. The molecular weight excluding hydrogens is 500 g/mol. The van der Waals surface area contributed by atoms with Crippen LogP contribution in [-0.2, 0) is 33.6 Å². The number of carbonyl (C=O) groups excluding carboxylic acids is 2. The zero-order valence-corrected chi connectivity index (χ0v) is 22.6. The van der Waals surface area contributed by atoms with Crippen molar-refractivity contribution in [1.82, 2.24) is 10.6 Å². The van der Waals surface area contributed by atoms with E-state index in [1.165, 1.54) is 5.39 Å². The third-order valence-electron chi connectivity index (χ3n) is 7.10. The molecule has 4 rings (SSSR count). The van der Waals surface area contributed by atoms with Gasteiger partial charge in [-0.1, -0.05) is 103 Å². The number of hydrogen-bond donors (Lipinski definition) is 3. The molecule has 0 radical (unpaired) electrons. The van der Waals surface area contributed by atoms with Gasteiger partial charge in [-0.2, -0.15) is 0 Å². The van der Waals surface area contributed by atoms with E-state index in [4.69, 9.17) is 0 Å². The van der Waals surface area contributed by atoms with Crippen molar-refractivity contribution in [2.24, 2.45) is 5.92 Å². The van der Waals surface area contributed by atoms with E-state index in [9.17, 15) is 19.5 Å². The second-order valence-electron chi connectivity index (χ2n) is 10.1. The van der Waals surface area contributed by atoms with E-state index in [2.05, 4.69) is 41.0 Å². The first kappa shape index (κ1) is 28.6. The van der Waals surface area contributed by atoms with Gasteiger partial charge in [-0.25, -0.2) is 0 Å². The van der Waals surface area contributed by atoms with Crippen molar-refractivity contribution < 1.29 is 19.5 Å². The number of benzene rings is 4. The van der Waals surface area contributed by atoms with Gasteiger partial charge in [0.1, 0.15) is 6.04 Å². The lowest BCUT2D eigenvalue weighted by molar-refractivity contribution is -0.141. The van der Waals surface area contributed by atoms with Gasteiger partial charge in [-0.3, -0.25) is 14.4 Å². The standard InChI is InChI=1S/C34H36N2O4/c37-32(38)24-30(17-9-14-27-18-19-28-15-7-8-16-29(28)22-27)33(39)36-31(23-26-12-5-2-6-13-26)34(40)35-21-20-25-10-3-1-4-11-25/h1-8,10-13,15-16,18-19,22,30-31H,9,14,17,20-21,23-24H2,(H,35,40)(H,36,39)(H,37,38)/t30-,31+/m1/s1. The summed E-state index contributed by atoms with van der Waals surface area (Å²) in [6, 6.07) is 33.0. The number of aliphatic carboxylic acids is 1. The molecule has 2 amide bonds. The molecule has 6 nitrogen and oxygen atoms in total. The summed E-state index contributed by atoms with van der Waals surface area (Å²) in [7, 11) is 0. The molecule has 0 saturated heterocycles. The Kier molecular flexibility index (Phi) is 10.4. The Morgan fingerprint density at radius 3 is 2.02 bits per heavy atom. The fourth-order valence-electron chi connectivity index (χ4n) is 4.93. The largest absolute Gasteiger partial charge is 0.481 e. The van der Waals surface area contributed by atoms with Crippen LogP contribution in [0.25, 0.3) is 10.8 Å². The van der Waals surface area contributed by atoms with Gasteiger partial charge in [0, 0.05) is 18.9 Å². The molecule has 40 heavy (non-hydrogen) atoms. The van der Waals surface area contributed by atoms with Gasteiger partial charge in [0.2, 0.25) is 11.8 Å². The van der Waals surface area contributed by atoms with E-state index in [-0.39, 0.29) is 12.3 Å². The molecule has 2 atom stereocenters. The van der Waals surface area contributed by atoms with E-state index < -0.39 is 23.8 Å². The molecule has 0 saturated carbocycles. The molecule has 0 aliphatic carbocycles. The van der Waals surface area contributed by atoms with Crippen molar-refractivity contribution in [2.45, 2.75) is 44.6 Å². The van der Waals surface area contributed by atoms with Gasteiger partial charge >= 0.3 is 5.97 Å². The number of carbonyl (C=O) groups is 3. The van der Waals surface area contributed by atoms with Gasteiger partial charge in [0.25, 0.3) is 0 Å². The molecular formula is C34H36N2O4. The number of carboxylic acid groups (broad SMARTS) is 1. The lowest BCUT2D eigenvalue weighted by Crippen LogP contribution is -2.50. The van der Waals surface area contributed by atoms with Gasteiger partial charge in [-0.15, -0.1) is 0 Å². The zero-order valence-electron chi connectivity index (χ0n) is 22.6. The second-order valence-corrected chi connectivity index (χ2v) is 10.1. The number of rotatable bonds is 14. The normalized spacial score (nSPS) is 12.4. The first-order chi connectivity index (χ1) is 19.5. The molecule has 0 unspecified atom stereocenters. The molecule has 6 heteroatoms. The highest BCUT2D eigenvalue weighted by Crippen LogP contribution is 2.20. The van der Waals surface area contributed by atoms with Crippen LogP contribution in [0.1, 0.15) is 36.0 Å². The number of hydrogen-bond acceptors (Lipinski definition) is 3. The van der Waals surface area contributed by atoms with Crippen molar-refractivity contribution in [1.29, 1.82) is 0 Å². The Bertz CT molecular complexity index is 1410. The van der Waals surface area contributed by atoms with Gasteiger partial charge in [0.15, 0.2) is 0 Å². The number of fused-ring (bicyclic) bond motifs is 1. The van der Waals surface area contributed by atoms with Crippen LogP contribution in [0.4, 0.5) is 0 Å². The minimum atomic E-state index is -1.03. The summed E-state index contributed by atoms with van der Waals surface area (Å²) in [6.07, 6.45) is 2.53. The highest BCUT2D eigenvalue weighted by atomic mass is 16.4. The van der Waals surface area contributed by atoms with Crippen molar-refractivity contribution in [3.63, 3.8) is 0 Å². The minimum Gasteiger partial charge on any atom is -0.481 e. The molecule has 0 heterocycles. The van der Waals surface area contributed by atoms with Crippen LogP contribution in [0.2, 0.25) is 0 Å². The highest BCUT2D eigenvalue weighted by Gasteiger charge is 2.27. The Balaban J connectivity index is 1.38. The van der Waals surface area contributed by atoms with Gasteiger partial charge in [0.05, 0.1) is 6.42 Å². The SMILES string of the molecule is O=C(O)C[C@@H](CCCc1ccc2ccccc2c1)C(=O)N[C@@H](Cc1ccccc1)C(=O)NCCc1ccccc1. The summed E-state index contributed by atoms with van der Waals surface area (Å²) < 4.78 is 0. The first-order valence-electron chi connectivity index (χ1n) is 13.8. The number of nitrogens with one attached hydrogen (secondary N) is 2. The van der Waals surface area contributed by atoms with Gasteiger partial charge < -0.3 is 15.7 Å². The molecule has 0 aromatic heterocycles. The second kappa shape index (κ2) is 14.6. The zero-order chi connectivity index (χ0) is 28.2. The van der Waals surface area contributed by atoms with Crippen molar-refractivity contribution in [3.8, 4) is 0 Å². The van der Waals surface area contributed by atoms with Crippen LogP contribution in [0.15, 0.2) is 103 Å². The Morgan fingerprint density at radius 1 is 0.675 bits per heavy atom. The molecule has 4 aromatic carbocycles. The summed E-state index contributed by atoms with van der Waals surface area (Å²) in [4.78, 5) is 38.1. The van der Waals surface area contributed by atoms with Crippen molar-refractivity contribution in [2.75, 3.05) is 6.54 Å². The molecule has 0 aliphatic heterocycles. The average molecular weight is 537 g/mol. The van der Waals surface area contributed by atoms with E-state index in [1.807, 2.05) is 72.8 Å². The minimum absolute atomic E-state index is 0.279. The molecule has 0 fully saturated rings. The fraction of sp³-hybridized carbons (Fsp3) is 0.265. The summed E-state index contributed by atoms with van der Waals surface area (Å²) in [5.74, 6) is -2.44. The summed E-state index contributed by atoms with van der Waals surface area (Å²) in [5.41, 5.74) is 3.17. The predicted molar refractivity (Wildman–Crippen MR) is 158 cm³/mol. The smallest absolute Gasteiger partial charge is 0.304 e. The molecule has 0 aliphatic rings. The quantitative estimate of drug-likeness (QED) is 0.203. The fourth-order valence-corrected chi connectivity index (χ4v) is 4.93. The predicted octanol–water partition coefficient (Wildman–Crippen LogP) is 5.34. The third kappa shape index (κ3) is 8.80. The van der Waals surface area contributed by atoms with Crippen molar-refractivity contribution >= 4 is 28.6 Å². The topological polar surface area (TPSA) is 95.5 Å². The number of amides is 2. The number of aryl methyl sites for hydroxylation is 1. The molecule has 3 N–H and O–H groups in total. The Labute approximate surface area is 235 Å². The molecule has 206 valence electrons. The highest BCUT2D eigenvalue weighted by molar-refractivity contribution is 5.90. The van der Waals surface area contributed by atoms with Crippen LogP contribution in [0, 0.1) is 5.92 Å². The summed E-state index contributed by atoms with van der Waals surface area (Å²) in [6.45, 7) is 0.439. The van der Waals surface area contributed by atoms with E-state index >= 15 is 0 Å². The Hall–Kier alpha value is -4.45. The first-order valence-corrected chi connectivity index (χ1v) is 13.8. The summed E-state index contributed by atoms with van der Waals surface area (Å²) >= 11 is 0. The van der Waals surface area contributed by atoms with Crippen LogP contribution in [0.3, 0.4) is 0 Å². The van der Waals surface area contributed by atoms with Gasteiger partial charge in [-0.05, 0) is 53.1 Å².